The third-order valence-electron chi connectivity index (χ3n) is 5.68. The first-order chi connectivity index (χ1) is 14.6. The van der Waals surface area contributed by atoms with Crippen LogP contribution in [0.3, 0.4) is 0 Å². The number of benzene rings is 2. The van der Waals surface area contributed by atoms with Crippen molar-refractivity contribution < 1.29 is 9.18 Å². The summed E-state index contributed by atoms with van der Waals surface area (Å²) in [6.07, 6.45) is 3.76. The van der Waals surface area contributed by atoms with Gasteiger partial charge in [-0.2, -0.15) is 0 Å². The van der Waals surface area contributed by atoms with Gasteiger partial charge < -0.3 is 16.0 Å². The van der Waals surface area contributed by atoms with Gasteiger partial charge in [-0.25, -0.2) is 4.39 Å². The Morgan fingerprint density at radius 1 is 1.30 bits per heavy atom. The van der Waals surface area contributed by atoms with E-state index in [1.165, 1.54) is 12.3 Å². The SMILES string of the molecule is CC.CN=C/C(=C\N)c1ccc(CN2C(=O)C3(CCNC3)c3ccccc32)c(F)c1. The number of anilines is 1. The van der Waals surface area contributed by atoms with Crippen LogP contribution in [0.15, 0.2) is 53.7 Å². The molecule has 2 aliphatic rings. The highest BCUT2D eigenvalue weighted by Crippen LogP contribution is 2.45. The van der Waals surface area contributed by atoms with Crippen molar-refractivity contribution in [2.24, 2.45) is 10.7 Å². The van der Waals surface area contributed by atoms with E-state index < -0.39 is 5.41 Å². The van der Waals surface area contributed by atoms with E-state index in [0.717, 1.165) is 24.2 Å². The standard InChI is InChI=1S/C22H23FN4O.C2H6/c1-25-12-17(11-24)15-6-7-16(19(23)10-15)13-27-20-5-3-2-4-18(20)22(21(27)28)8-9-26-14-22;1-2/h2-7,10-12,26H,8-9,13-14,24H2,1H3;1-2H3/b17-11+,25-12?;. The molecule has 3 N–H and O–H groups in total. The van der Waals surface area contributed by atoms with E-state index in [0.29, 0.717) is 23.2 Å². The van der Waals surface area contributed by atoms with Crippen LogP contribution >= 0.6 is 0 Å². The number of nitrogens with two attached hydrogens (primary N) is 1. The Bertz CT molecular complexity index is 977. The number of halogens is 1. The normalized spacial score (nSPS) is 20.6. The Balaban J connectivity index is 0.00000124. The van der Waals surface area contributed by atoms with Crippen molar-refractivity contribution >= 4 is 23.4 Å². The van der Waals surface area contributed by atoms with Gasteiger partial charge in [0, 0.05) is 42.8 Å². The molecule has 158 valence electrons. The van der Waals surface area contributed by atoms with Gasteiger partial charge in [0.25, 0.3) is 0 Å². The zero-order valence-electron chi connectivity index (χ0n) is 17.8. The molecule has 0 bridgehead atoms. The van der Waals surface area contributed by atoms with Crippen LogP contribution in [0.2, 0.25) is 0 Å². The highest BCUT2D eigenvalue weighted by atomic mass is 19.1. The second-order valence-electron chi connectivity index (χ2n) is 7.23. The molecular weight excluding hydrogens is 379 g/mol. The van der Waals surface area contributed by atoms with Gasteiger partial charge >= 0.3 is 0 Å². The van der Waals surface area contributed by atoms with Gasteiger partial charge in [-0.3, -0.25) is 9.79 Å². The molecule has 4 rings (SSSR count). The predicted octanol–water partition coefficient (Wildman–Crippen LogP) is 3.63. The molecule has 1 fully saturated rings. The number of carbonyl (C=O) groups is 1. The molecule has 2 heterocycles. The fraction of sp³-hybridized carbons (Fsp3) is 0.333. The Morgan fingerprint density at radius 3 is 2.70 bits per heavy atom. The molecule has 2 aromatic carbocycles. The summed E-state index contributed by atoms with van der Waals surface area (Å²) in [5, 5.41) is 3.31. The predicted molar refractivity (Wildman–Crippen MR) is 121 cm³/mol. The summed E-state index contributed by atoms with van der Waals surface area (Å²) in [7, 11) is 1.64. The number of fused-ring (bicyclic) bond motifs is 2. The average Bonchev–Trinajstić information content (AvgIpc) is 3.36. The minimum atomic E-state index is -0.528. The second-order valence-corrected chi connectivity index (χ2v) is 7.23. The van der Waals surface area contributed by atoms with Crippen molar-refractivity contribution in [3.05, 3.63) is 71.2 Å². The molecule has 0 saturated carbocycles. The smallest absolute Gasteiger partial charge is 0.239 e. The molecule has 6 heteroatoms. The summed E-state index contributed by atoms with van der Waals surface area (Å²) < 4.78 is 14.8. The van der Waals surface area contributed by atoms with E-state index >= 15 is 0 Å². The zero-order valence-corrected chi connectivity index (χ0v) is 17.8. The second kappa shape index (κ2) is 9.22. The minimum absolute atomic E-state index is 0.0443. The van der Waals surface area contributed by atoms with Crippen molar-refractivity contribution in [2.75, 3.05) is 25.0 Å². The summed E-state index contributed by atoms with van der Waals surface area (Å²) in [5.41, 5.74) is 8.77. The van der Waals surface area contributed by atoms with Gasteiger partial charge in [-0.1, -0.05) is 44.2 Å². The first kappa shape index (κ1) is 21.7. The van der Waals surface area contributed by atoms with Crippen LogP contribution in [0.5, 0.6) is 0 Å². The first-order valence-electron chi connectivity index (χ1n) is 10.4. The molecule has 2 aromatic rings. The maximum Gasteiger partial charge on any atom is 0.239 e. The maximum absolute atomic E-state index is 14.8. The van der Waals surface area contributed by atoms with E-state index in [4.69, 9.17) is 5.73 Å². The minimum Gasteiger partial charge on any atom is -0.404 e. The molecule has 30 heavy (non-hydrogen) atoms. The zero-order chi connectivity index (χ0) is 21.7. The average molecular weight is 409 g/mol. The van der Waals surface area contributed by atoms with E-state index in [9.17, 15) is 9.18 Å². The Labute approximate surface area is 177 Å². The van der Waals surface area contributed by atoms with Crippen molar-refractivity contribution in [3.8, 4) is 0 Å². The van der Waals surface area contributed by atoms with Crippen LogP contribution in [0.4, 0.5) is 10.1 Å². The third kappa shape index (κ3) is 3.63. The van der Waals surface area contributed by atoms with Crippen LogP contribution in [0, 0.1) is 5.82 Å². The number of nitrogens with zero attached hydrogens (tertiary/aromatic N) is 2. The monoisotopic (exact) mass is 408 g/mol. The molecule has 1 unspecified atom stereocenters. The Kier molecular flexibility index (Phi) is 6.67. The van der Waals surface area contributed by atoms with Crippen molar-refractivity contribution in [3.63, 3.8) is 0 Å². The summed E-state index contributed by atoms with van der Waals surface area (Å²) in [6.45, 7) is 5.64. The molecule has 0 aliphatic carbocycles. The van der Waals surface area contributed by atoms with Crippen molar-refractivity contribution in [2.45, 2.75) is 32.2 Å². The van der Waals surface area contributed by atoms with E-state index in [1.54, 1.807) is 30.3 Å². The number of nitrogens with one attached hydrogen (secondary N) is 1. The van der Waals surface area contributed by atoms with Crippen LogP contribution in [-0.2, 0) is 16.8 Å². The van der Waals surface area contributed by atoms with Gasteiger partial charge in [-0.15, -0.1) is 0 Å². The summed E-state index contributed by atoms with van der Waals surface area (Å²) >= 11 is 0. The van der Waals surface area contributed by atoms with E-state index in [2.05, 4.69) is 10.3 Å². The lowest BCUT2D eigenvalue weighted by atomic mass is 9.81. The number of rotatable bonds is 4. The highest BCUT2D eigenvalue weighted by molar-refractivity contribution is 6.10. The van der Waals surface area contributed by atoms with Crippen LogP contribution < -0.4 is 16.0 Å². The lowest BCUT2D eigenvalue weighted by molar-refractivity contribution is -0.122. The molecule has 1 saturated heterocycles. The van der Waals surface area contributed by atoms with Crippen LogP contribution in [-0.4, -0.2) is 32.3 Å². The van der Waals surface area contributed by atoms with E-state index in [-0.39, 0.29) is 18.3 Å². The van der Waals surface area contributed by atoms with Gasteiger partial charge in [0.05, 0.1) is 12.0 Å². The number of hydrogen-bond donors (Lipinski definition) is 2. The van der Waals surface area contributed by atoms with Crippen molar-refractivity contribution in [1.82, 2.24) is 5.32 Å². The number of carbonyl (C=O) groups excluding carboxylic acids is 1. The van der Waals surface area contributed by atoms with Gasteiger partial charge in [-0.05, 0) is 36.2 Å². The molecule has 0 radical (unpaired) electrons. The molecule has 5 nitrogen and oxygen atoms in total. The topological polar surface area (TPSA) is 70.7 Å². The summed E-state index contributed by atoms with van der Waals surface area (Å²) in [4.78, 5) is 19.0. The molecule has 0 aromatic heterocycles. The number of aliphatic imine (C=N–C) groups is 1. The Hall–Kier alpha value is -2.99. The molecule has 1 spiro atoms. The lowest BCUT2D eigenvalue weighted by Gasteiger charge is -2.23. The number of hydrogen-bond acceptors (Lipinski definition) is 4. The molecule has 2 aliphatic heterocycles. The van der Waals surface area contributed by atoms with Gasteiger partial charge in [0.2, 0.25) is 5.91 Å². The first-order valence-corrected chi connectivity index (χ1v) is 10.4. The number of para-hydroxylation sites is 1. The van der Waals surface area contributed by atoms with Crippen molar-refractivity contribution in [1.29, 1.82) is 0 Å². The summed E-state index contributed by atoms with van der Waals surface area (Å²) in [5.74, 6) is -0.319. The molecular formula is C24H29FN4O. The van der Waals surface area contributed by atoms with Crippen LogP contribution in [0.25, 0.3) is 5.57 Å². The number of allylic oxidation sites excluding steroid dienone is 1. The lowest BCUT2D eigenvalue weighted by Crippen LogP contribution is -2.41. The molecule has 1 amide bonds. The fourth-order valence-corrected chi connectivity index (χ4v) is 4.24. The van der Waals surface area contributed by atoms with Crippen LogP contribution in [0.1, 0.15) is 37.0 Å². The van der Waals surface area contributed by atoms with Gasteiger partial charge in [0.1, 0.15) is 5.82 Å². The fourth-order valence-electron chi connectivity index (χ4n) is 4.24. The largest absolute Gasteiger partial charge is 0.404 e. The van der Waals surface area contributed by atoms with Gasteiger partial charge in [0.15, 0.2) is 0 Å². The third-order valence-corrected chi connectivity index (χ3v) is 5.68. The quantitative estimate of drug-likeness (QED) is 0.759. The highest BCUT2D eigenvalue weighted by Gasteiger charge is 2.52. The Morgan fingerprint density at radius 2 is 2.07 bits per heavy atom. The summed E-state index contributed by atoms with van der Waals surface area (Å²) in [6, 6.07) is 12.8. The maximum atomic E-state index is 14.8. The molecule has 1 atom stereocenters. The number of amides is 1. The van der Waals surface area contributed by atoms with E-state index in [1.807, 2.05) is 38.1 Å².